The molecule has 2 aromatic carbocycles. The van der Waals surface area contributed by atoms with Crippen LogP contribution in [0.15, 0.2) is 64.5 Å². The maximum Gasteiger partial charge on any atom is 0.257 e. The van der Waals surface area contributed by atoms with Crippen molar-refractivity contribution in [2.45, 2.75) is 31.2 Å². The van der Waals surface area contributed by atoms with E-state index >= 15 is 0 Å². The maximum atomic E-state index is 12.8. The number of thioether (sulfide) groups is 1. The molecule has 0 N–H and O–H groups in total. The Hall–Kier alpha value is -2.33. The molecule has 0 fully saturated rings. The van der Waals surface area contributed by atoms with Gasteiger partial charge in [0.2, 0.25) is 0 Å². The lowest BCUT2D eigenvalue weighted by molar-refractivity contribution is 0.683. The van der Waals surface area contributed by atoms with Crippen LogP contribution in [0.25, 0.3) is 0 Å². The van der Waals surface area contributed by atoms with Gasteiger partial charge >= 0.3 is 0 Å². The monoisotopic (exact) mass is 350 g/mol. The number of aromatic nitrogens is 2. The van der Waals surface area contributed by atoms with Gasteiger partial charge in [-0.25, -0.2) is 4.98 Å². The predicted octanol–water partition coefficient (Wildman–Crippen LogP) is 4.28. The third kappa shape index (κ3) is 4.20. The van der Waals surface area contributed by atoms with E-state index in [0.29, 0.717) is 6.42 Å². The summed E-state index contributed by atoms with van der Waals surface area (Å²) in [5, 5.41) is 0.764. The summed E-state index contributed by atoms with van der Waals surface area (Å²) in [5.41, 5.74) is 5.25. The molecule has 3 nitrogen and oxygen atoms in total. The number of aryl methyl sites for hydroxylation is 2. The minimum atomic E-state index is 0.0442. The molecular weight excluding hydrogens is 328 g/mol. The van der Waals surface area contributed by atoms with Crippen molar-refractivity contribution in [2.24, 2.45) is 7.05 Å². The molecule has 25 heavy (non-hydrogen) atoms. The molecule has 0 saturated carbocycles. The van der Waals surface area contributed by atoms with Crippen LogP contribution in [0.4, 0.5) is 0 Å². The summed E-state index contributed by atoms with van der Waals surface area (Å²) in [6.45, 7) is 4.01. The largest absolute Gasteiger partial charge is 0.291 e. The van der Waals surface area contributed by atoms with Gasteiger partial charge < -0.3 is 0 Å². The Morgan fingerprint density at radius 2 is 1.64 bits per heavy atom. The van der Waals surface area contributed by atoms with E-state index in [1.165, 1.54) is 11.1 Å². The average molecular weight is 350 g/mol. The fourth-order valence-corrected chi connectivity index (χ4v) is 3.66. The average Bonchev–Trinajstić information content (AvgIpc) is 2.63. The van der Waals surface area contributed by atoms with Crippen LogP contribution in [0.1, 0.15) is 27.9 Å². The van der Waals surface area contributed by atoms with Crippen LogP contribution in [-0.2, 0) is 19.2 Å². The molecule has 3 aromatic rings. The predicted molar refractivity (Wildman–Crippen MR) is 104 cm³/mol. The highest BCUT2D eigenvalue weighted by molar-refractivity contribution is 7.98. The second-order valence-electron chi connectivity index (χ2n) is 6.26. The molecule has 0 aliphatic heterocycles. The van der Waals surface area contributed by atoms with Crippen LogP contribution < -0.4 is 5.56 Å². The van der Waals surface area contributed by atoms with E-state index in [1.54, 1.807) is 23.4 Å². The van der Waals surface area contributed by atoms with E-state index in [1.807, 2.05) is 37.3 Å². The Kier molecular flexibility index (Phi) is 5.39. The molecule has 0 unspecified atom stereocenters. The van der Waals surface area contributed by atoms with Gasteiger partial charge in [0.05, 0.1) is 0 Å². The second-order valence-corrected chi connectivity index (χ2v) is 7.20. The molecule has 0 amide bonds. The summed E-state index contributed by atoms with van der Waals surface area (Å²) in [5.74, 6) is 0.804. The molecule has 0 aliphatic rings. The Morgan fingerprint density at radius 3 is 2.32 bits per heavy atom. The number of nitrogens with zero attached hydrogens (tertiary/aromatic N) is 2. The Balaban J connectivity index is 1.82. The summed E-state index contributed by atoms with van der Waals surface area (Å²) in [6.07, 6.45) is 0.620. The number of hydrogen-bond donors (Lipinski definition) is 0. The first-order valence-corrected chi connectivity index (χ1v) is 9.32. The van der Waals surface area contributed by atoms with Gasteiger partial charge in [-0.05, 0) is 25.0 Å². The van der Waals surface area contributed by atoms with Gasteiger partial charge in [0.25, 0.3) is 5.56 Å². The molecule has 3 rings (SSSR count). The quantitative estimate of drug-likeness (QED) is 0.509. The van der Waals surface area contributed by atoms with Crippen molar-refractivity contribution < 1.29 is 0 Å². The highest BCUT2D eigenvalue weighted by Gasteiger charge is 2.13. The van der Waals surface area contributed by atoms with Gasteiger partial charge in [0.1, 0.15) is 0 Å². The first-order chi connectivity index (χ1) is 12.0. The molecule has 128 valence electrons. The SMILES string of the molecule is Cc1ccc(CSc2nc(C)c(Cc3ccccc3)c(=O)n2C)cc1. The minimum absolute atomic E-state index is 0.0442. The molecule has 0 spiro atoms. The third-order valence-corrected chi connectivity index (χ3v) is 5.36. The highest BCUT2D eigenvalue weighted by Crippen LogP contribution is 2.21. The molecule has 4 heteroatoms. The number of benzene rings is 2. The van der Waals surface area contributed by atoms with Gasteiger partial charge in [-0.15, -0.1) is 0 Å². The molecule has 0 saturated heterocycles. The fourth-order valence-electron chi connectivity index (χ4n) is 2.69. The zero-order chi connectivity index (χ0) is 17.8. The van der Waals surface area contributed by atoms with E-state index in [2.05, 4.69) is 36.2 Å². The zero-order valence-electron chi connectivity index (χ0n) is 14.8. The first-order valence-electron chi connectivity index (χ1n) is 8.33. The Labute approximate surface area is 152 Å². The van der Waals surface area contributed by atoms with Crippen molar-refractivity contribution in [3.05, 3.63) is 92.9 Å². The van der Waals surface area contributed by atoms with Gasteiger partial charge in [-0.1, -0.05) is 71.9 Å². The topological polar surface area (TPSA) is 34.9 Å². The first kappa shape index (κ1) is 17.5. The van der Waals surface area contributed by atoms with E-state index in [0.717, 1.165) is 27.7 Å². The van der Waals surface area contributed by atoms with Gasteiger partial charge in [-0.3, -0.25) is 9.36 Å². The minimum Gasteiger partial charge on any atom is -0.291 e. The molecular formula is C21H22N2OS. The van der Waals surface area contributed by atoms with Crippen molar-refractivity contribution in [1.82, 2.24) is 9.55 Å². The second kappa shape index (κ2) is 7.70. The van der Waals surface area contributed by atoms with Crippen LogP contribution in [0.5, 0.6) is 0 Å². The van der Waals surface area contributed by atoms with Crippen LogP contribution >= 0.6 is 11.8 Å². The summed E-state index contributed by atoms with van der Waals surface area (Å²) < 4.78 is 1.67. The van der Waals surface area contributed by atoms with Crippen molar-refractivity contribution >= 4 is 11.8 Å². The summed E-state index contributed by atoms with van der Waals surface area (Å²) in [4.78, 5) is 17.5. The van der Waals surface area contributed by atoms with Gasteiger partial charge in [0, 0.05) is 30.5 Å². The lowest BCUT2D eigenvalue weighted by Crippen LogP contribution is -2.25. The smallest absolute Gasteiger partial charge is 0.257 e. The summed E-state index contributed by atoms with van der Waals surface area (Å²) in [6, 6.07) is 18.5. The van der Waals surface area contributed by atoms with Gasteiger partial charge in [-0.2, -0.15) is 0 Å². The van der Waals surface area contributed by atoms with Crippen molar-refractivity contribution in [3.8, 4) is 0 Å². The third-order valence-electron chi connectivity index (χ3n) is 4.26. The normalized spacial score (nSPS) is 10.8. The maximum absolute atomic E-state index is 12.8. The summed E-state index contributed by atoms with van der Waals surface area (Å²) >= 11 is 1.60. The molecule has 1 heterocycles. The van der Waals surface area contributed by atoms with Crippen LogP contribution in [0, 0.1) is 13.8 Å². The molecule has 0 atom stereocenters. The lowest BCUT2D eigenvalue weighted by Gasteiger charge is -2.12. The van der Waals surface area contributed by atoms with Crippen molar-refractivity contribution in [2.75, 3.05) is 0 Å². The lowest BCUT2D eigenvalue weighted by atomic mass is 10.1. The molecule has 0 radical (unpaired) electrons. The standard InChI is InChI=1S/C21H22N2OS/c1-15-9-11-18(12-10-15)14-25-21-22-16(2)19(20(24)23(21)3)13-17-7-5-4-6-8-17/h4-12H,13-14H2,1-3H3. The number of hydrogen-bond acceptors (Lipinski definition) is 3. The van der Waals surface area contributed by atoms with Crippen LogP contribution in [0.3, 0.4) is 0 Å². The molecule has 0 aliphatic carbocycles. The molecule has 1 aromatic heterocycles. The van der Waals surface area contributed by atoms with E-state index in [-0.39, 0.29) is 5.56 Å². The number of rotatable bonds is 5. The van der Waals surface area contributed by atoms with E-state index in [9.17, 15) is 4.79 Å². The summed E-state index contributed by atoms with van der Waals surface area (Å²) in [7, 11) is 1.81. The zero-order valence-corrected chi connectivity index (χ0v) is 15.6. The van der Waals surface area contributed by atoms with Crippen molar-refractivity contribution in [1.29, 1.82) is 0 Å². The van der Waals surface area contributed by atoms with Crippen molar-refractivity contribution in [3.63, 3.8) is 0 Å². The fraction of sp³-hybridized carbons (Fsp3) is 0.238. The Bertz CT molecular complexity index is 915. The van der Waals surface area contributed by atoms with Gasteiger partial charge in [0.15, 0.2) is 5.16 Å². The van der Waals surface area contributed by atoms with E-state index in [4.69, 9.17) is 0 Å². The highest BCUT2D eigenvalue weighted by atomic mass is 32.2. The Morgan fingerprint density at radius 1 is 0.960 bits per heavy atom. The van der Waals surface area contributed by atoms with Crippen LogP contribution in [-0.4, -0.2) is 9.55 Å². The van der Waals surface area contributed by atoms with Crippen LogP contribution in [0.2, 0.25) is 0 Å². The van der Waals surface area contributed by atoms with E-state index < -0.39 is 0 Å². The molecule has 0 bridgehead atoms.